The highest BCUT2D eigenvalue weighted by Crippen LogP contribution is 2.25. The highest BCUT2D eigenvalue weighted by molar-refractivity contribution is 8.00. The molecule has 0 aliphatic rings. The van der Waals surface area contributed by atoms with Crippen LogP contribution >= 0.6 is 23.4 Å². The van der Waals surface area contributed by atoms with E-state index in [-0.39, 0.29) is 5.75 Å². The fourth-order valence-corrected chi connectivity index (χ4v) is 3.56. The van der Waals surface area contributed by atoms with E-state index >= 15 is 0 Å². The molecule has 0 aliphatic heterocycles. The highest BCUT2D eigenvalue weighted by Gasteiger charge is 2.10. The Morgan fingerprint density at radius 3 is 2.53 bits per heavy atom. The summed E-state index contributed by atoms with van der Waals surface area (Å²) < 4.78 is 22.0. The van der Waals surface area contributed by atoms with Gasteiger partial charge in [-0.15, -0.1) is 11.8 Å². The Labute approximate surface area is 111 Å². The van der Waals surface area contributed by atoms with Gasteiger partial charge in [-0.1, -0.05) is 18.5 Å². The molecule has 1 heterocycles. The minimum Gasteiger partial charge on any atom is -0.229 e. The van der Waals surface area contributed by atoms with Crippen molar-refractivity contribution in [1.82, 2.24) is 9.97 Å². The van der Waals surface area contributed by atoms with Gasteiger partial charge in [-0.25, -0.2) is 18.4 Å². The van der Waals surface area contributed by atoms with Gasteiger partial charge >= 0.3 is 0 Å². The summed E-state index contributed by atoms with van der Waals surface area (Å²) in [5, 5.41) is 1.21. The number of aromatic nitrogens is 2. The third-order valence-electron chi connectivity index (χ3n) is 2.10. The largest absolute Gasteiger partial charge is 0.229 e. The quantitative estimate of drug-likeness (QED) is 0.615. The smallest absolute Gasteiger partial charge is 0.148 e. The molecule has 1 aromatic heterocycles. The van der Waals surface area contributed by atoms with Crippen LogP contribution in [0.5, 0.6) is 0 Å². The maximum atomic E-state index is 11.0. The van der Waals surface area contributed by atoms with Gasteiger partial charge in [0.1, 0.15) is 25.8 Å². The van der Waals surface area contributed by atoms with E-state index in [1.807, 2.05) is 13.8 Å². The van der Waals surface area contributed by atoms with Crippen molar-refractivity contribution in [2.24, 2.45) is 0 Å². The van der Waals surface area contributed by atoms with E-state index in [9.17, 15) is 8.42 Å². The van der Waals surface area contributed by atoms with Gasteiger partial charge in [0.15, 0.2) is 0 Å². The van der Waals surface area contributed by atoms with Crippen LogP contribution in [-0.2, 0) is 16.3 Å². The van der Waals surface area contributed by atoms with Gasteiger partial charge in [0.05, 0.1) is 5.75 Å². The summed E-state index contributed by atoms with van der Waals surface area (Å²) in [5.41, 5.74) is 0.808. The van der Waals surface area contributed by atoms with E-state index in [0.717, 1.165) is 10.6 Å². The first-order chi connectivity index (χ1) is 7.83. The molecule has 0 atom stereocenters. The van der Waals surface area contributed by atoms with Crippen LogP contribution in [0, 0.1) is 6.92 Å². The lowest BCUT2D eigenvalue weighted by molar-refractivity contribution is 0.603. The van der Waals surface area contributed by atoms with Gasteiger partial charge in [0, 0.05) is 24.0 Å². The second-order valence-electron chi connectivity index (χ2n) is 3.69. The molecule has 7 heteroatoms. The van der Waals surface area contributed by atoms with Crippen molar-refractivity contribution in [1.29, 1.82) is 0 Å². The Balaban J connectivity index is 2.80. The van der Waals surface area contributed by atoms with E-state index in [1.165, 1.54) is 18.0 Å². The van der Waals surface area contributed by atoms with Gasteiger partial charge in [-0.2, -0.15) is 0 Å². The maximum absolute atomic E-state index is 11.0. The third kappa shape index (κ3) is 4.81. The van der Waals surface area contributed by atoms with Crippen molar-refractivity contribution >= 4 is 33.2 Å². The van der Waals surface area contributed by atoms with Crippen LogP contribution in [0.4, 0.5) is 0 Å². The van der Waals surface area contributed by atoms with Crippen LogP contribution in [0.2, 0.25) is 5.15 Å². The highest BCUT2D eigenvalue weighted by atomic mass is 35.5. The van der Waals surface area contributed by atoms with E-state index in [0.29, 0.717) is 23.2 Å². The number of rotatable bonds is 5. The molecule has 0 radical (unpaired) electrons. The molecule has 0 fully saturated rings. The Morgan fingerprint density at radius 2 is 2.00 bits per heavy atom. The number of nitrogens with zero attached hydrogens (tertiary/aromatic N) is 2. The Hall–Kier alpha value is -0.330. The summed E-state index contributed by atoms with van der Waals surface area (Å²) in [7, 11) is -2.93. The van der Waals surface area contributed by atoms with Crippen molar-refractivity contribution in [3.8, 4) is 0 Å². The second kappa shape index (κ2) is 6.02. The molecular weight excluding hydrogens is 280 g/mol. The van der Waals surface area contributed by atoms with Crippen LogP contribution in [0.15, 0.2) is 5.03 Å². The van der Waals surface area contributed by atoms with Crippen LogP contribution in [0.3, 0.4) is 0 Å². The predicted molar refractivity (Wildman–Crippen MR) is 71.6 cm³/mol. The predicted octanol–water partition coefficient (Wildman–Crippen LogP) is 2.14. The molecule has 0 aromatic carbocycles. The molecule has 17 heavy (non-hydrogen) atoms. The van der Waals surface area contributed by atoms with Gasteiger partial charge in [-0.05, 0) is 6.92 Å². The average Bonchev–Trinajstić information content (AvgIpc) is 2.22. The summed E-state index contributed by atoms with van der Waals surface area (Å²) >= 11 is 7.39. The number of sulfone groups is 1. The minimum absolute atomic E-state index is 0.139. The Morgan fingerprint density at radius 1 is 1.35 bits per heavy atom. The number of aryl methyl sites for hydroxylation is 1. The van der Waals surface area contributed by atoms with Gasteiger partial charge < -0.3 is 0 Å². The molecule has 0 N–H and O–H groups in total. The van der Waals surface area contributed by atoms with Crippen LogP contribution in [0.1, 0.15) is 18.3 Å². The van der Waals surface area contributed by atoms with Crippen molar-refractivity contribution in [2.75, 3.05) is 17.8 Å². The molecule has 96 valence electrons. The van der Waals surface area contributed by atoms with Crippen LogP contribution in [-0.4, -0.2) is 36.1 Å². The fourth-order valence-electron chi connectivity index (χ4n) is 1.10. The monoisotopic (exact) mass is 294 g/mol. The van der Waals surface area contributed by atoms with Crippen molar-refractivity contribution in [3.05, 3.63) is 16.5 Å². The zero-order chi connectivity index (χ0) is 13.1. The molecule has 0 bridgehead atoms. The molecule has 0 aliphatic carbocycles. The molecule has 1 aromatic rings. The van der Waals surface area contributed by atoms with Crippen molar-refractivity contribution in [2.45, 2.75) is 25.3 Å². The number of hydrogen-bond donors (Lipinski definition) is 0. The molecule has 0 saturated heterocycles. The fraction of sp³-hybridized carbons (Fsp3) is 0.600. The molecule has 4 nitrogen and oxygen atoms in total. The minimum atomic E-state index is -2.93. The van der Waals surface area contributed by atoms with E-state index in [4.69, 9.17) is 11.6 Å². The standard InChI is InChI=1S/C10H15ClN2O2S2/c1-4-8-12-9(11)7(2)10(13-8)16-5-6-17(3,14)15/h4-6H2,1-3H3. The van der Waals surface area contributed by atoms with E-state index in [1.54, 1.807) is 0 Å². The van der Waals surface area contributed by atoms with Gasteiger partial charge in [0.2, 0.25) is 0 Å². The molecular formula is C10H15ClN2O2S2. The summed E-state index contributed by atoms with van der Waals surface area (Å²) in [5.74, 6) is 1.30. The normalized spacial score (nSPS) is 11.8. The van der Waals surface area contributed by atoms with E-state index in [2.05, 4.69) is 9.97 Å². The molecule has 0 saturated carbocycles. The molecule has 1 rings (SSSR count). The summed E-state index contributed by atoms with van der Waals surface area (Å²) in [4.78, 5) is 8.48. The second-order valence-corrected chi connectivity index (χ2v) is 7.39. The SMILES string of the molecule is CCc1nc(Cl)c(C)c(SCCS(C)(=O)=O)n1. The maximum Gasteiger partial charge on any atom is 0.148 e. The van der Waals surface area contributed by atoms with Crippen LogP contribution in [0.25, 0.3) is 0 Å². The number of halogens is 1. The molecule has 0 amide bonds. The van der Waals surface area contributed by atoms with Gasteiger partial charge in [-0.3, -0.25) is 0 Å². The lowest BCUT2D eigenvalue weighted by Crippen LogP contribution is -2.06. The summed E-state index contributed by atoms with van der Waals surface area (Å²) in [6.07, 6.45) is 1.94. The van der Waals surface area contributed by atoms with Crippen LogP contribution < -0.4 is 0 Å². The van der Waals surface area contributed by atoms with E-state index < -0.39 is 9.84 Å². The first-order valence-corrected chi connectivity index (χ1v) is 8.59. The first-order valence-electron chi connectivity index (χ1n) is 5.17. The Kier molecular flexibility index (Phi) is 5.22. The lowest BCUT2D eigenvalue weighted by Gasteiger charge is -2.07. The van der Waals surface area contributed by atoms with Gasteiger partial charge in [0.25, 0.3) is 0 Å². The zero-order valence-corrected chi connectivity index (χ0v) is 12.4. The summed E-state index contributed by atoms with van der Waals surface area (Å²) in [6, 6.07) is 0. The zero-order valence-electron chi connectivity index (χ0n) is 10.0. The number of thioether (sulfide) groups is 1. The molecule has 0 unspecified atom stereocenters. The topological polar surface area (TPSA) is 59.9 Å². The number of hydrogen-bond acceptors (Lipinski definition) is 5. The molecule has 0 spiro atoms. The first kappa shape index (κ1) is 14.7. The van der Waals surface area contributed by atoms with Crippen molar-refractivity contribution < 1.29 is 8.42 Å². The average molecular weight is 295 g/mol. The summed E-state index contributed by atoms with van der Waals surface area (Å²) in [6.45, 7) is 3.79. The lowest BCUT2D eigenvalue weighted by atomic mass is 10.3. The van der Waals surface area contributed by atoms with Crippen molar-refractivity contribution in [3.63, 3.8) is 0 Å². The Bertz CT molecular complexity index is 503. The third-order valence-corrected chi connectivity index (χ3v) is 4.75.